The van der Waals surface area contributed by atoms with Crippen LogP contribution in [0.1, 0.15) is 32.0 Å². The number of nitrogens with zero attached hydrogens (tertiary/aromatic N) is 1. The molecule has 90 valence electrons. The third kappa shape index (κ3) is 2.00. The van der Waals surface area contributed by atoms with E-state index in [1.54, 1.807) is 0 Å². The average molecular weight is 294 g/mol. The first-order chi connectivity index (χ1) is 8.17. The largest absolute Gasteiger partial charge is 0.340 e. The smallest absolute Gasteiger partial charge is 0.127 e. The van der Waals surface area contributed by atoms with Crippen LogP contribution in [0.15, 0.2) is 22.7 Å². The van der Waals surface area contributed by atoms with Crippen molar-refractivity contribution < 1.29 is 0 Å². The van der Waals surface area contributed by atoms with Crippen LogP contribution >= 0.6 is 15.9 Å². The molecule has 3 nitrogen and oxygen atoms in total. The zero-order valence-electron chi connectivity index (χ0n) is 9.89. The molecular weight excluding hydrogens is 278 g/mol. The van der Waals surface area contributed by atoms with Gasteiger partial charge in [0.1, 0.15) is 5.82 Å². The monoisotopic (exact) mass is 293 g/mol. The molecule has 0 spiro atoms. The summed E-state index contributed by atoms with van der Waals surface area (Å²) in [4.78, 5) is 8.15. The van der Waals surface area contributed by atoms with Gasteiger partial charge in [-0.3, -0.25) is 0 Å². The van der Waals surface area contributed by atoms with Crippen LogP contribution in [0.5, 0.6) is 0 Å². The van der Waals surface area contributed by atoms with Gasteiger partial charge in [-0.25, -0.2) is 4.98 Å². The van der Waals surface area contributed by atoms with Gasteiger partial charge in [-0.05, 0) is 50.9 Å². The van der Waals surface area contributed by atoms with Crippen LogP contribution in [0.25, 0.3) is 11.0 Å². The molecule has 2 aromatic rings. The quantitative estimate of drug-likeness (QED) is 0.847. The van der Waals surface area contributed by atoms with Gasteiger partial charge < -0.3 is 10.3 Å². The summed E-state index contributed by atoms with van der Waals surface area (Å²) in [6, 6.07) is 6.16. The topological polar surface area (TPSA) is 40.7 Å². The van der Waals surface area contributed by atoms with Crippen LogP contribution in [0, 0.1) is 0 Å². The highest BCUT2D eigenvalue weighted by Gasteiger charge is 2.31. The average Bonchev–Trinajstić information content (AvgIpc) is 2.73. The van der Waals surface area contributed by atoms with E-state index in [-0.39, 0.29) is 5.54 Å². The Kier molecular flexibility index (Phi) is 2.71. The van der Waals surface area contributed by atoms with Crippen LogP contribution in [-0.2, 0) is 5.54 Å². The molecule has 0 bridgehead atoms. The van der Waals surface area contributed by atoms with Gasteiger partial charge in [0.2, 0.25) is 0 Å². The fraction of sp³-hybridized carbons (Fsp3) is 0.462. The van der Waals surface area contributed by atoms with Gasteiger partial charge in [0, 0.05) is 4.47 Å². The lowest BCUT2D eigenvalue weighted by molar-refractivity contribution is 0.271. The van der Waals surface area contributed by atoms with Crippen LogP contribution in [-0.4, -0.2) is 16.5 Å². The lowest BCUT2D eigenvalue weighted by atomic mass is 9.90. The third-order valence-corrected chi connectivity index (χ3v) is 4.08. The van der Waals surface area contributed by atoms with Crippen LogP contribution in [0.2, 0.25) is 0 Å². The summed E-state index contributed by atoms with van der Waals surface area (Å²) in [5.74, 6) is 1.06. The van der Waals surface area contributed by atoms with Crippen molar-refractivity contribution in [2.45, 2.75) is 31.7 Å². The van der Waals surface area contributed by atoms with Gasteiger partial charge in [-0.1, -0.05) is 15.9 Å². The predicted molar refractivity (Wildman–Crippen MR) is 73.0 cm³/mol. The van der Waals surface area contributed by atoms with E-state index >= 15 is 0 Å². The maximum absolute atomic E-state index is 4.71. The highest BCUT2D eigenvalue weighted by atomic mass is 79.9. The SMILES string of the molecule is CC1(c2nc3ccc(Br)cc3[nH]2)CCCCN1. The van der Waals surface area contributed by atoms with Crippen LogP contribution in [0.4, 0.5) is 0 Å². The fourth-order valence-electron chi connectivity index (χ4n) is 2.50. The molecule has 3 rings (SSSR count). The molecule has 1 aromatic heterocycles. The van der Waals surface area contributed by atoms with E-state index in [2.05, 4.69) is 39.2 Å². The number of rotatable bonds is 1. The van der Waals surface area contributed by atoms with E-state index in [1.165, 1.54) is 12.8 Å². The van der Waals surface area contributed by atoms with Gasteiger partial charge >= 0.3 is 0 Å². The van der Waals surface area contributed by atoms with E-state index in [0.29, 0.717) is 0 Å². The number of aromatic nitrogens is 2. The molecule has 17 heavy (non-hydrogen) atoms. The second-order valence-electron chi connectivity index (χ2n) is 4.96. The summed E-state index contributed by atoms with van der Waals surface area (Å²) in [5.41, 5.74) is 2.14. The Morgan fingerprint density at radius 3 is 3.00 bits per heavy atom. The van der Waals surface area contributed by atoms with Crippen molar-refractivity contribution in [3.63, 3.8) is 0 Å². The van der Waals surface area contributed by atoms with E-state index in [4.69, 9.17) is 4.98 Å². The fourth-order valence-corrected chi connectivity index (χ4v) is 2.86. The summed E-state index contributed by atoms with van der Waals surface area (Å²) in [6.07, 6.45) is 3.68. The molecule has 0 saturated carbocycles. The van der Waals surface area contributed by atoms with Crippen molar-refractivity contribution in [2.75, 3.05) is 6.54 Å². The van der Waals surface area contributed by atoms with Crippen molar-refractivity contribution in [1.29, 1.82) is 0 Å². The number of fused-ring (bicyclic) bond motifs is 1. The summed E-state index contributed by atoms with van der Waals surface area (Å²) < 4.78 is 1.09. The van der Waals surface area contributed by atoms with Gasteiger partial charge in [-0.2, -0.15) is 0 Å². The molecule has 1 aliphatic rings. The minimum absolute atomic E-state index is 0.00372. The van der Waals surface area contributed by atoms with E-state index < -0.39 is 0 Å². The normalized spacial score (nSPS) is 25.3. The number of nitrogens with one attached hydrogen (secondary N) is 2. The Bertz CT molecular complexity index is 541. The van der Waals surface area contributed by atoms with Crippen molar-refractivity contribution in [3.05, 3.63) is 28.5 Å². The standard InChI is InChI=1S/C13H16BrN3/c1-13(6-2-3-7-15-13)12-16-10-5-4-9(14)8-11(10)17-12/h4-5,8,15H,2-3,6-7H2,1H3,(H,16,17). The molecule has 1 fully saturated rings. The Labute approximate surface area is 109 Å². The summed E-state index contributed by atoms with van der Waals surface area (Å²) in [6.45, 7) is 3.32. The highest BCUT2D eigenvalue weighted by Crippen LogP contribution is 2.29. The Morgan fingerprint density at radius 2 is 2.24 bits per heavy atom. The molecule has 2 heterocycles. The summed E-state index contributed by atoms with van der Waals surface area (Å²) >= 11 is 3.49. The van der Waals surface area contributed by atoms with Crippen molar-refractivity contribution >= 4 is 27.0 Å². The number of halogens is 1. The zero-order valence-corrected chi connectivity index (χ0v) is 11.5. The summed E-state index contributed by atoms with van der Waals surface area (Å²) in [5, 5.41) is 3.58. The Hall–Kier alpha value is -0.870. The second kappa shape index (κ2) is 4.10. The molecule has 4 heteroatoms. The van der Waals surface area contributed by atoms with Crippen molar-refractivity contribution in [1.82, 2.24) is 15.3 Å². The molecule has 0 amide bonds. The number of imidazole rings is 1. The Balaban J connectivity index is 2.05. The van der Waals surface area contributed by atoms with E-state index in [9.17, 15) is 0 Å². The van der Waals surface area contributed by atoms with Crippen LogP contribution < -0.4 is 5.32 Å². The minimum Gasteiger partial charge on any atom is -0.340 e. The maximum Gasteiger partial charge on any atom is 0.127 e. The number of hydrogen-bond acceptors (Lipinski definition) is 2. The van der Waals surface area contributed by atoms with Gasteiger partial charge in [0.15, 0.2) is 0 Å². The lowest BCUT2D eigenvalue weighted by Crippen LogP contribution is -2.44. The first-order valence-electron chi connectivity index (χ1n) is 6.08. The first-order valence-corrected chi connectivity index (χ1v) is 6.87. The van der Waals surface area contributed by atoms with E-state index in [0.717, 1.165) is 34.3 Å². The van der Waals surface area contributed by atoms with Gasteiger partial charge in [0.25, 0.3) is 0 Å². The molecule has 1 atom stereocenters. The number of benzene rings is 1. The van der Waals surface area contributed by atoms with Gasteiger partial charge in [-0.15, -0.1) is 0 Å². The molecule has 2 N–H and O–H groups in total. The van der Waals surface area contributed by atoms with Crippen molar-refractivity contribution in [3.8, 4) is 0 Å². The molecule has 1 unspecified atom stereocenters. The molecule has 1 saturated heterocycles. The van der Waals surface area contributed by atoms with Gasteiger partial charge in [0.05, 0.1) is 16.6 Å². The third-order valence-electron chi connectivity index (χ3n) is 3.59. The molecular formula is C13H16BrN3. The maximum atomic E-state index is 4.71. The minimum atomic E-state index is 0.00372. The highest BCUT2D eigenvalue weighted by molar-refractivity contribution is 9.10. The number of H-pyrrole nitrogens is 1. The van der Waals surface area contributed by atoms with E-state index in [1.807, 2.05) is 12.1 Å². The second-order valence-corrected chi connectivity index (χ2v) is 5.88. The molecule has 0 radical (unpaired) electrons. The number of hydrogen-bond donors (Lipinski definition) is 2. The molecule has 1 aromatic carbocycles. The summed E-state index contributed by atoms with van der Waals surface area (Å²) in [7, 11) is 0. The number of piperidine rings is 1. The molecule has 0 aliphatic carbocycles. The Morgan fingerprint density at radius 1 is 1.35 bits per heavy atom. The lowest BCUT2D eigenvalue weighted by Gasteiger charge is -2.33. The zero-order chi connectivity index (χ0) is 11.9. The predicted octanol–water partition coefficient (Wildman–Crippen LogP) is 3.31. The van der Waals surface area contributed by atoms with Crippen molar-refractivity contribution in [2.24, 2.45) is 0 Å². The van der Waals surface area contributed by atoms with Crippen LogP contribution in [0.3, 0.4) is 0 Å². The molecule has 1 aliphatic heterocycles. The first kappa shape index (κ1) is 11.2. The number of aromatic amines is 1.